The summed E-state index contributed by atoms with van der Waals surface area (Å²) in [6.07, 6.45) is -4.96. The summed E-state index contributed by atoms with van der Waals surface area (Å²) in [7, 11) is 0. The summed E-state index contributed by atoms with van der Waals surface area (Å²) in [6, 6.07) is 0. The van der Waals surface area contributed by atoms with E-state index in [1.165, 1.54) is 6.92 Å². The summed E-state index contributed by atoms with van der Waals surface area (Å²) in [4.78, 5) is 11.2. The number of carboxylic acid groups (broad SMARTS) is 1. The summed E-state index contributed by atoms with van der Waals surface area (Å²) in [6.45, 7) is 5.06. The number of carbonyl (C=O) groups is 1. The van der Waals surface area contributed by atoms with Crippen molar-refractivity contribution in [1.82, 2.24) is 5.32 Å². The van der Waals surface area contributed by atoms with Crippen LogP contribution in [0.5, 0.6) is 0 Å². The van der Waals surface area contributed by atoms with E-state index in [2.05, 4.69) is 5.32 Å². The fourth-order valence-electron chi connectivity index (χ4n) is 1.65. The highest BCUT2D eigenvalue weighted by molar-refractivity contribution is 5.78. The highest BCUT2D eigenvalue weighted by atomic mass is 19.4. The van der Waals surface area contributed by atoms with Gasteiger partial charge in [0.25, 0.3) is 0 Å². The maximum Gasteiger partial charge on any atom is 0.391 e. The fourth-order valence-corrected chi connectivity index (χ4v) is 1.65. The van der Waals surface area contributed by atoms with Gasteiger partial charge in [-0.15, -0.1) is 0 Å². The molecule has 19 heavy (non-hydrogen) atoms. The second-order valence-electron chi connectivity index (χ2n) is 4.81. The van der Waals surface area contributed by atoms with Crippen molar-refractivity contribution in [3.8, 4) is 0 Å². The van der Waals surface area contributed by atoms with Gasteiger partial charge in [0.2, 0.25) is 0 Å². The van der Waals surface area contributed by atoms with Crippen molar-refractivity contribution in [3.63, 3.8) is 0 Å². The van der Waals surface area contributed by atoms with Crippen molar-refractivity contribution in [3.05, 3.63) is 0 Å². The summed E-state index contributed by atoms with van der Waals surface area (Å²) < 4.78 is 40.9. The molecule has 0 bridgehead atoms. The largest absolute Gasteiger partial charge is 0.480 e. The van der Waals surface area contributed by atoms with Crippen LogP contribution < -0.4 is 5.32 Å². The van der Waals surface area contributed by atoms with E-state index in [9.17, 15) is 18.0 Å². The molecular formula is C12H22F3NO3. The standard InChI is InChI=1S/C12H22F3NO3/c1-4-6-16-11(3,10(17)18)8-9(2)19-7-5-12(13,14)15/h9,16H,4-8H2,1-3H3,(H,17,18). The molecule has 0 saturated carbocycles. The number of rotatable bonds is 9. The molecular weight excluding hydrogens is 263 g/mol. The van der Waals surface area contributed by atoms with Crippen LogP contribution in [0.2, 0.25) is 0 Å². The molecule has 0 aromatic heterocycles. The van der Waals surface area contributed by atoms with Gasteiger partial charge in [-0.25, -0.2) is 0 Å². The normalized spacial score (nSPS) is 16.9. The van der Waals surface area contributed by atoms with Crippen molar-refractivity contribution in [1.29, 1.82) is 0 Å². The summed E-state index contributed by atoms with van der Waals surface area (Å²) >= 11 is 0. The van der Waals surface area contributed by atoms with Gasteiger partial charge in [-0.2, -0.15) is 13.2 Å². The number of halogens is 3. The molecule has 0 aliphatic rings. The number of aliphatic carboxylic acids is 1. The summed E-state index contributed by atoms with van der Waals surface area (Å²) in [5.41, 5.74) is -1.19. The lowest BCUT2D eigenvalue weighted by Crippen LogP contribution is -2.51. The molecule has 0 amide bonds. The Bertz CT molecular complexity index is 284. The number of hydrogen-bond acceptors (Lipinski definition) is 3. The molecule has 7 heteroatoms. The van der Waals surface area contributed by atoms with E-state index in [1.54, 1.807) is 6.92 Å². The zero-order valence-electron chi connectivity index (χ0n) is 11.5. The number of ether oxygens (including phenoxy) is 1. The SMILES string of the molecule is CCCNC(C)(CC(C)OCCC(F)(F)F)C(=O)O. The molecule has 4 nitrogen and oxygen atoms in total. The van der Waals surface area contributed by atoms with Crippen molar-refractivity contribution >= 4 is 5.97 Å². The molecule has 0 saturated heterocycles. The van der Waals surface area contributed by atoms with Crippen molar-refractivity contribution in [2.45, 2.75) is 57.9 Å². The quantitative estimate of drug-likeness (QED) is 0.683. The van der Waals surface area contributed by atoms with Gasteiger partial charge in [0, 0.05) is 6.42 Å². The minimum absolute atomic E-state index is 0.111. The van der Waals surface area contributed by atoms with Crippen molar-refractivity contribution < 1.29 is 27.8 Å². The molecule has 0 rings (SSSR count). The van der Waals surface area contributed by atoms with Crippen LogP contribution in [0.4, 0.5) is 13.2 Å². The van der Waals surface area contributed by atoms with E-state index < -0.39 is 36.8 Å². The third kappa shape index (κ3) is 8.05. The molecule has 0 aliphatic heterocycles. The summed E-state index contributed by atoms with van der Waals surface area (Å²) in [5.74, 6) is -1.03. The monoisotopic (exact) mass is 285 g/mol. The van der Waals surface area contributed by atoms with Gasteiger partial charge in [-0.05, 0) is 26.8 Å². The van der Waals surface area contributed by atoms with Crippen LogP contribution in [-0.2, 0) is 9.53 Å². The Hall–Kier alpha value is -0.820. The minimum atomic E-state index is -4.25. The molecule has 0 aromatic carbocycles. The molecule has 0 heterocycles. The Morgan fingerprint density at radius 3 is 2.42 bits per heavy atom. The highest BCUT2D eigenvalue weighted by Crippen LogP contribution is 2.21. The predicted molar refractivity (Wildman–Crippen MR) is 65.0 cm³/mol. The van der Waals surface area contributed by atoms with E-state index in [-0.39, 0.29) is 6.42 Å². The van der Waals surface area contributed by atoms with Crippen LogP contribution in [0.25, 0.3) is 0 Å². The first-order chi connectivity index (χ1) is 8.60. The average molecular weight is 285 g/mol. The third-order valence-corrected chi connectivity index (χ3v) is 2.72. The van der Waals surface area contributed by atoms with E-state index >= 15 is 0 Å². The lowest BCUT2D eigenvalue weighted by molar-refractivity contribution is -0.153. The number of alkyl halides is 3. The smallest absolute Gasteiger partial charge is 0.391 e. The van der Waals surface area contributed by atoms with E-state index in [1.807, 2.05) is 6.92 Å². The Morgan fingerprint density at radius 2 is 2.00 bits per heavy atom. The van der Waals surface area contributed by atoms with Crippen molar-refractivity contribution in [2.24, 2.45) is 0 Å². The van der Waals surface area contributed by atoms with Gasteiger partial charge in [0.1, 0.15) is 5.54 Å². The van der Waals surface area contributed by atoms with Gasteiger partial charge < -0.3 is 15.2 Å². The molecule has 2 atom stereocenters. The topological polar surface area (TPSA) is 58.6 Å². The van der Waals surface area contributed by atoms with Crippen LogP contribution in [0.3, 0.4) is 0 Å². The van der Waals surface area contributed by atoms with Crippen molar-refractivity contribution in [2.75, 3.05) is 13.2 Å². The van der Waals surface area contributed by atoms with Gasteiger partial charge in [-0.3, -0.25) is 4.79 Å². The maximum absolute atomic E-state index is 12.0. The fraction of sp³-hybridized carbons (Fsp3) is 0.917. The highest BCUT2D eigenvalue weighted by Gasteiger charge is 2.34. The van der Waals surface area contributed by atoms with E-state index in [0.29, 0.717) is 6.54 Å². The van der Waals surface area contributed by atoms with Crippen LogP contribution in [-0.4, -0.2) is 42.0 Å². The Labute approximate surface area is 111 Å². The first-order valence-corrected chi connectivity index (χ1v) is 6.27. The minimum Gasteiger partial charge on any atom is -0.480 e. The second-order valence-corrected chi connectivity index (χ2v) is 4.81. The second kappa shape index (κ2) is 7.69. The average Bonchev–Trinajstić information content (AvgIpc) is 2.24. The first kappa shape index (κ1) is 18.2. The van der Waals surface area contributed by atoms with E-state index in [4.69, 9.17) is 9.84 Å². The summed E-state index contributed by atoms with van der Waals surface area (Å²) in [5, 5.41) is 12.0. The van der Waals surface area contributed by atoms with Gasteiger partial charge in [0.05, 0.1) is 19.1 Å². The van der Waals surface area contributed by atoms with Crippen LogP contribution >= 0.6 is 0 Å². The number of nitrogens with one attached hydrogen (secondary N) is 1. The lowest BCUT2D eigenvalue weighted by Gasteiger charge is -2.29. The zero-order chi connectivity index (χ0) is 15.1. The maximum atomic E-state index is 12.0. The molecule has 0 fully saturated rings. The van der Waals surface area contributed by atoms with Crippen LogP contribution in [0, 0.1) is 0 Å². The lowest BCUT2D eigenvalue weighted by atomic mass is 9.94. The molecule has 0 spiro atoms. The number of carboxylic acids is 1. The van der Waals surface area contributed by atoms with Crippen LogP contribution in [0.1, 0.15) is 40.0 Å². The zero-order valence-corrected chi connectivity index (χ0v) is 11.5. The number of hydrogen-bond donors (Lipinski definition) is 2. The molecule has 0 radical (unpaired) electrons. The Morgan fingerprint density at radius 1 is 1.42 bits per heavy atom. The van der Waals surface area contributed by atoms with Crippen LogP contribution in [0.15, 0.2) is 0 Å². The van der Waals surface area contributed by atoms with E-state index in [0.717, 1.165) is 6.42 Å². The predicted octanol–water partition coefficient (Wildman–Crippen LogP) is 2.58. The molecule has 2 N–H and O–H groups in total. The Balaban J connectivity index is 4.24. The van der Waals surface area contributed by atoms with Gasteiger partial charge in [0.15, 0.2) is 0 Å². The van der Waals surface area contributed by atoms with Gasteiger partial charge in [-0.1, -0.05) is 6.92 Å². The molecule has 114 valence electrons. The Kier molecular flexibility index (Phi) is 7.36. The van der Waals surface area contributed by atoms with Gasteiger partial charge >= 0.3 is 12.1 Å². The molecule has 2 unspecified atom stereocenters. The third-order valence-electron chi connectivity index (χ3n) is 2.72. The molecule has 0 aliphatic carbocycles. The molecule has 0 aromatic rings. The first-order valence-electron chi connectivity index (χ1n) is 6.27.